The minimum absolute atomic E-state index is 0.0746. The Morgan fingerprint density at radius 3 is 2.42 bits per heavy atom. The van der Waals surface area contributed by atoms with Crippen molar-refractivity contribution in [2.75, 3.05) is 64.8 Å². The van der Waals surface area contributed by atoms with E-state index in [1.165, 1.54) is 0 Å². The lowest BCUT2D eigenvalue weighted by Crippen LogP contribution is -2.42. The summed E-state index contributed by atoms with van der Waals surface area (Å²) in [5.41, 5.74) is 1.75. The highest BCUT2D eigenvalue weighted by Gasteiger charge is 2.22. The standard InChI is InChI=1S/C20H32N4O2/c1-5-23(6-2)19(25)16-22-11-8-12-24(14-13-22)20(26)17-9-7-10-18(15-17)21(3)4/h7,9-10,15H,5-6,8,11-14,16H2,1-4H3. The normalized spacial score (nSPS) is 15.5. The molecule has 1 fully saturated rings. The SMILES string of the molecule is CCN(CC)C(=O)CN1CCCN(C(=O)c2cccc(N(C)C)c2)CC1. The second-order valence-electron chi connectivity index (χ2n) is 6.93. The Labute approximate surface area is 157 Å². The molecule has 1 aromatic rings. The number of hydrogen-bond donors (Lipinski definition) is 0. The molecule has 1 saturated heterocycles. The number of hydrogen-bond acceptors (Lipinski definition) is 4. The number of benzene rings is 1. The molecule has 0 unspecified atom stereocenters. The third-order valence-electron chi connectivity index (χ3n) is 4.96. The highest BCUT2D eigenvalue weighted by atomic mass is 16.2. The van der Waals surface area contributed by atoms with Crippen molar-refractivity contribution in [2.24, 2.45) is 0 Å². The molecule has 144 valence electrons. The van der Waals surface area contributed by atoms with E-state index in [2.05, 4.69) is 4.90 Å². The molecule has 6 heteroatoms. The van der Waals surface area contributed by atoms with Crippen LogP contribution in [-0.4, -0.2) is 86.4 Å². The van der Waals surface area contributed by atoms with Gasteiger partial charge in [-0.1, -0.05) is 6.07 Å². The first-order chi connectivity index (χ1) is 12.5. The van der Waals surface area contributed by atoms with Gasteiger partial charge in [-0.05, 0) is 38.5 Å². The van der Waals surface area contributed by atoms with Gasteiger partial charge in [-0.25, -0.2) is 0 Å². The molecule has 1 aliphatic heterocycles. The Bertz CT molecular complexity index is 614. The number of amides is 2. The van der Waals surface area contributed by atoms with Crippen molar-refractivity contribution < 1.29 is 9.59 Å². The van der Waals surface area contributed by atoms with E-state index in [0.29, 0.717) is 13.1 Å². The summed E-state index contributed by atoms with van der Waals surface area (Å²) < 4.78 is 0. The van der Waals surface area contributed by atoms with Crippen LogP contribution in [0.25, 0.3) is 0 Å². The third-order valence-corrected chi connectivity index (χ3v) is 4.96. The van der Waals surface area contributed by atoms with Crippen molar-refractivity contribution in [3.63, 3.8) is 0 Å². The van der Waals surface area contributed by atoms with Crippen molar-refractivity contribution in [3.8, 4) is 0 Å². The maximum absolute atomic E-state index is 12.9. The smallest absolute Gasteiger partial charge is 0.253 e. The van der Waals surface area contributed by atoms with Gasteiger partial charge >= 0.3 is 0 Å². The van der Waals surface area contributed by atoms with E-state index < -0.39 is 0 Å². The first kappa shape index (κ1) is 20.2. The Hall–Kier alpha value is -2.08. The summed E-state index contributed by atoms with van der Waals surface area (Å²) in [5.74, 6) is 0.249. The molecular weight excluding hydrogens is 328 g/mol. The summed E-state index contributed by atoms with van der Waals surface area (Å²) >= 11 is 0. The molecule has 0 N–H and O–H groups in total. The highest BCUT2D eigenvalue weighted by Crippen LogP contribution is 2.16. The topological polar surface area (TPSA) is 47.1 Å². The zero-order chi connectivity index (χ0) is 19.1. The van der Waals surface area contributed by atoms with E-state index in [1.54, 1.807) is 0 Å². The quantitative estimate of drug-likeness (QED) is 0.776. The number of likely N-dealkylation sites (N-methyl/N-ethyl adjacent to an activating group) is 1. The van der Waals surface area contributed by atoms with E-state index in [4.69, 9.17) is 0 Å². The summed E-state index contributed by atoms with van der Waals surface area (Å²) in [4.78, 5) is 33.1. The van der Waals surface area contributed by atoms with Crippen LogP contribution in [0, 0.1) is 0 Å². The number of rotatable bonds is 6. The molecule has 0 aromatic heterocycles. The van der Waals surface area contributed by atoms with Gasteiger partial charge in [0.05, 0.1) is 6.54 Å². The summed E-state index contributed by atoms with van der Waals surface area (Å²) in [6, 6.07) is 7.74. The van der Waals surface area contributed by atoms with E-state index in [-0.39, 0.29) is 11.8 Å². The monoisotopic (exact) mass is 360 g/mol. The van der Waals surface area contributed by atoms with Gasteiger partial charge in [0, 0.05) is 64.6 Å². The fourth-order valence-electron chi connectivity index (χ4n) is 3.30. The largest absolute Gasteiger partial charge is 0.378 e. The number of anilines is 1. The van der Waals surface area contributed by atoms with E-state index >= 15 is 0 Å². The van der Waals surface area contributed by atoms with Crippen molar-refractivity contribution >= 4 is 17.5 Å². The van der Waals surface area contributed by atoms with Crippen LogP contribution in [0.2, 0.25) is 0 Å². The van der Waals surface area contributed by atoms with E-state index in [0.717, 1.165) is 50.4 Å². The number of carbonyl (C=O) groups is 2. The predicted molar refractivity (Wildman–Crippen MR) is 106 cm³/mol. The maximum atomic E-state index is 12.9. The average Bonchev–Trinajstić information content (AvgIpc) is 2.87. The first-order valence-electron chi connectivity index (χ1n) is 9.53. The van der Waals surface area contributed by atoms with Gasteiger partial charge in [-0.15, -0.1) is 0 Å². The molecule has 0 saturated carbocycles. The molecule has 0 radical (unpaired) electrons. The van der Waals surface area contributed by atoms with Crippen LogP contribution in [0.5, 0.6) is 0 Å². The molecule has 0 atom stereocenters. The fraction of sp³-hybridized carbons (Fsp3) is 0.600. The van der Waals surface area contributed by atoms with Crippen LogP contribution in [0.4, 0.5) is 5.69 Å². The van der Waals surface area contributed by atoms with Crippen LogP contribution < -0.4 is 4.90 Å². The molecule has 0 spiro atoms. The minimum Gasteiger partial charge on any atom is -0.378 e. The molecule has 1 aromatic carbocycles. The van der Waals surface area contributed by atoms with Gasteiger partial charge in [0.2, 0.25) is 5.91 Å². The molecule has 2 amide bonds. The molecule has 2 rings (SSSR count). The van der Waals surface area contributed by atoms with Gasteiger partial charge in [-0.2, -0.15) is 0 Å². The Balaban J connectivity index is 1.96. The molecule has 1 heterocycles. The first-order valence-corrected chi connectivity index (χ1v) is 9.53. The predicted octanol–water partition coefficient (Wildman–Crippen LogP) is 1.77. The minimum atomic E-state index is 0.0746. The van der Waals surface area contributed by atoms with Crippen molar-refractivity contribution in [2.45, 2.75) is 20.3 Å². The van der Waals surface area contributed by atoms with Crippen molar-refractivity contribution in [3.05, 3.63) is 29.8 Å². The van der Waals surface area contributed by atoms with Gasteiger partial charge < -0.3 is 14.7 Å². The molecular formula is C20H32N4O2. The van der Waals surface area contributed by atoms with Crippen LogP contribution in [0.1, 0.15) is 30.6 Å². The van der Waals surface area contributed by atoms with Gasteiger partial charge in [0.15, 0.2) is 0 Å². The summed E-state index contributed by atoms with van der Waals surface area (Å²) in [6.45, 7) is 8.95. The van der Waals surface area contributed by atoms with Gasteiger partial charge in [0.25, 0.3) is 5.91 Å². The molecule has 1 aliphatic rings. The maximum Gasteiger partial charge on any atom is 0.253 e. The van der Waals surface area contributed by atoms with Crippen LogP contribution in [0.15, 0.2) is 24.3 Å². The van der Waals surface area contributed by atoms with Gasteiger partial charge in [-0.3, -0.25) is 14.5 Å². The van der Waals surface area contributed by atoms with E-state index in [9.17, 15) is 9.59 Å². The molecule has 6 nitrogen and oxygen atoms in total. The lowest BCUT2D eigenvalue weighted by Gasteiger charge is -2.25. The summed E-state index contributed by atoms with van der Waals surface area (Å²) in [5, 5.41) is 0. The zero-order valence-electron chi connectivity index (χ0n) is 16.6. The lowest BCUT2D eigenvalue weighted by molar-refractivity contribution is -0.132. The fourth-order valence-corrected chi connectivity index (χ4v) is 3.30. The average molecular weight is 361 g/mol. The Kier molecular flexibility index (Phi) is 7.45. The lowest BCUT2D eigenvalue weighted by atomic mass is 10.1. The Morgan fingerprint density at radius 1 is 1.04 bits per heavy atom. The number of nitrogens with zero attached hydrogens (tertiary/aromatic N) is 4. The van der Waals surface area contributed by atoms with E-state index in [1.807, 2.05) is 66.9 Å². The second kappa shape index (κ2) is 9.57. The molecule has 0 bridgehead atoms. The zero-order valence-corrected chi connectivity index (χ0v) is 16.6. The summed E-state index contributed by atoms with van der Waals surface area (Å²) in [7, 11) is 3.95. The van der Waals surface area contributed by atoms with Crippen LogP contribution >= 0.6 is 0 Å². The van der Waals surface area contributed by atoms with Gasteiger partial charge in [0.1, 0.15) is 0 Å². The van der Waals surface area contributed by atoms with Crippen molar-refractivity contribution in [1.82, 2.24) is 14.7 Å². The Morgan fingerprint density at radius 2 is 1.77 bits per heavy atom. The second-order valence-corrected chi connectivity index (χ2v) is 6.93. The number of carbonyl (C=O) groups excluding carboxylic acids is 2. The van der Waals surface area contributed by atoms with Crippen LogP contribution in [-0.2, 0) is 4.79 Å². The van der Waals surface area contributed by atoms with Crippen molar-refractivity contribution in [1.29, 1.82) is 0 Å². The summed E-state index contributed by atoms with van der Waals surface area (Å²) in [6.07, 6.45) is 0.893. The molecule has 0 aliphatic carbocycles. The highest BCUT2D eigenvalue weighted by molar-refractivity contribution is 5.95. The third kappa shape index (κ3) is 5.21. The van der Waals surface area contributed by atoms with Crippen LogP contribution in [0.3, 0.4) is 0 Å². The molecule has 26 heavy (non-hydrogen) atoms.